The Morgan fingerprint density at radius 3 is 2.96 bits per heavy atom. The second-order valence-electron chi connectivity index (χ2n) is 6.27. The lowest BCUT2D eigenvalue weighted by Crippen LogP contribution is -2.47. The van der Waals surface area contributed by atoms with Crippen LogP contribution in [-0.4, -0.2) is 35.7 Å². The summed E-state index contributed by atoms with van der Waals surface area (Å²) in [6, 6.07) is 6.29. The smallest absolute Gasteiger partial charge is 0.224 e. The Hall–Kier alpha value is -1.50. The van der Waals surface area contributed by atoms with E-state index in [1.807, 2.05) is 11.4 Å². The number of hydrogen-bond donors (Lipinski definition) is 1. The summed E-state index contributed by atoms with van der Waals surface area (Å²) in [7, 11) is 0. The van der Waals surface area contributed by atoms with Gasteiger partial charge in [0.15, 0.2) is 5.78 Å². The standard InChI is InChI=1S/C18H22N2O2S2/c1-13(21)17-8-14(12-24-17)9-18(22)19-15-4-2-6-20(10-15)11-16-5-3-7-23-16/h3,5,7-8,12,15H,2,4,6,9-11H2,1H3,(H,19,22)/t15-/m1/s1. The maximum Gasteiger partial charge on any atom is 0.224 e. The molecule has 128 valence electrons. The number of ketones is 1. The van der Waals surface area contributed by atoms with Gasteiger partial charge in [0.05, 0.1) is 11.3 Å². The van der Waals surface area contributed by atoms with E-state index >= 15 is 0 Å². The van der Waals surface area contributed by atoms with E-state index in [9.17, 15) is 9.59 Å². The fourth-order valence-electron chi connectivity index (χ4n) is 3.06. The van der Waals surface area contributed by atoms with E-state index in [0.29, 0.717) is 6.42 Å². The average molecular weight is 363 g/mol. The number of likely N-dealkylation sites (tertiary alicyclic amines) is 1. The van der Waals surface area contributed by atoms with Crippen LogP contribution in [0.15, 0.2) is 29.0 Å². The lowest BCUT2D eigenvalue weighted by molar-refractivity contribution is -0.121. The fourth-order valence-corrected chi connectivity index (χ4v) is 4.62. The Morgan fingerprint density at radius 2 is 2.25 bits per heavy atom. The molecule has 1 amide bonds. The van der Waals surface area contributed by atoms with Crippen molar-refractivity contribution < 1.29 is 9.59 Å². The minimum absolute atomic E-state index is 0.0471. The number of hydrogen-bond acceptors (Lipinski definition) is 5. The molecule has 24 heavy (non-hydrogen) atoms. The second kappa shape index (κ2) is 8.05. The maximum atomic E-state index is 12.3. The number of amides is 1. The molecule has 1 N–H and O–H groups in total. The third-order valence-corrected chi connectivity index (χ3v) is 6.14. The quantitative estimate of drug-likeness (QED) is 0.802. The number of rotatable bonds is 6. The molecule has 0 radical (unpaired) electrons. The number of nitrogens with zero attached hydrogens (tertiary/aromatic N) is 1. The van der Waals surface area contributed by atoms with Crippen LogP contribution in [0.5, 0.6) is 0 Å². The number of Topliss-reactive ketones (excluding diaryl/α,β-unsaturated/α-hetero) is 1. The molecule has 2 aromatic heterocycles. The van der Waals surface area contributed by atoms with Crippen molar-refractivity contribution >= 4 is 34.4 Å². The summed E-state index contributed by atoms with van der Waals surface area (Å²) in [4.78, 5) is 28.1. The molecule has 3 heterocycles. The number of thiophene rings is 2. The molecule has 3 rings (SSSR count). The fraction of sp³-hybridized carbons (Fsp3) is 0.444. The molecule has 1 saturated heterocycles. The molecule has 2 aromatic rings. The third-order valence-electron chi connectivity index (χ3n) is 4.20. The van der Waals surface area contributed by atoms with Crippen LogP contribution in [0, 0.1) is 0 Å². The zero-order chi connectivity index (χ0) is 16.9. The summed E-state index contributed by atoms with van der Waals surface area (Å²) in [6.45, 7) is 4.53. The highest BCUT2D eigenvalue weighted by Crippen LogP contribution is 2.18. The van der Waals surface area contributed by atoms with Crippen LogP contribution in [0.25, 0.3) is 0 Å². The van der Waals surface area contributed by atoms with E-state index in [4.69, 9.17) is 0 Å². The first-order valence-corrected chi connectivity index (χ1v) is 9.98. The van der Waals surface area contributed by atoms with Crippen LogP contribution in [-0.2, 0) is 17.8 Å². The van der Waals surface area contributed by atoms with Crippen molar-refractivity contribution in [2.24, 2.45) is 0 Å². The first-order chi connectivity index (χ1) is 11.6. The van der Waals surface area contributed by atoms with E-state index in [0.717, 1.165) is 42.9 Å². The van der Waals surface area contributed by atoms with Gasteiger partial charge < -0.3 is 5.32 Å². The molecular weight excluding hydrogens is 340 g/mol. The number of piperidine rings is 1. The highest BCUT2D eigenvalue weighted by Gasteiger charge is 2.22. The summed E-state index contributed by atoms with van der Waals surface area (Å²) in [5, 5.41) is 7.17. The van der Waals surface area contributed by atoms with E-state index in [1.165, 1.54) is 16.2 Å². The van der Waals surface area contributed by atoms with Gasteiger partial charge in [-0.1, -0.05) is 6.07 Å². The monoisotopic (exact) mass is 362 g/mol. The minimum atomic E-state index is 0.0471. The van der Waals surface area contributed by atoms with Gasteiger partial charge in [-0.05, 0) is 54.8 Å². The SMILES string of the molecule is CC(=O)c1cc(CC(=O)N[C@@H]2CCCN(Cc3cccs3)C2)cs1. The Kier molecular flexibility index (Phi) is 5.81. The lowest BCUT2D eigenvalue weighted by atomic mass is 10.0. The van der Waals surface area contributed by atoms with Crippen molar-refractivity contribution in [3.63, 3.8) is 0 Å². The van der Waals surface area contributed by atoms with Crippen molar-refractivity contribution in [1.29, 1.82) is 0 Å². The highest BCUT2D eigenvalue weighted by molar-refractivity contribution is 7.12. The predicted molar refractivity (Wildman–Crippen MR) is 98.8 cm³/mol. The summed E-state index contributed by atoms with van der Waals surface area (Å²) in [6.07, 6.45) is 2.50. The van der Waals surface area contributed by atoms with Crippen molar-refractivity contribution in [2.45, 2.75) is 38.8 Å². The van der Waals surface area contributed by atoms with E-state index in [1.54, 1.807) is 18.3 Å². The van der Waals surface area contributed by atoms with Crippen LogP contribution in [0.3, 0.4) is 0 Å². The molecular formula is C18H22N2O2S2. The first-order valence-electron chi connectivity index (χ1n) is 8.22. The van der Waals surface area contributed by atoms with Gasteiger partial charge >= 0.3 is 0 Å². The second-order valence-corrected chi connectivity index (χ2v) is 8.22. The molecule has 0 saturated carbocycles. The van der Waals surface area contributed by atoms with Crippen LogP contribution in [0.1, 0.15) is 39.9 Å². The maximum absolute atomic E-state index is 12.3. The van der Waals surface area contributed by atoms with Crippen molar-refractivity contribution in [2.75, 3.05) is 13.1 Å². The zero-order valence-electron chi connectivity index (χ0n) is 13.8. The molecule has 0 unspecified atom stereocenters. The predicted octanol–water partition coefficient (Wildman–Crippen LogP) is 3.34. The van der Waals surface area contributed by atoms with Crippen molar-refractivity contribution in [1.82, 2.24) is 10.2 Å². The number of carbonyl (C=O) groups excluding carboxylic acids is 2. The van der Waals surface area contributed by atoms with Gasteiger partial charge in [-0.15, -0.1) is 22.7 Å². The molecule has 0 spiro atoms. The zero-order valence-corrected chi connectivity index (χ0v) is 15.4. The molecule has 1 atom stereocenters. The molecule has 4 nitrogen and oxygen atoms in total. The van der Waals surface area contributed by atoms with Gasteiger partial charge in [0.25, 0.3) is 0 Å². The highest BCUT2D eigenvalue weighted by atomic mass is 32.1. The van der Waals surface area contributed by atoms with Crippen molar-refractivity contribution in [3.05, 3.63) is 44.3 Å². The number of nitrogens with one attached hydrogen (secondary N) is 1. The topological polar surface area (TPSA) is 49.4 Å². The van der Waals surface area contributed by atoms with Crippen molar-refractivity contribution in [3.8, 4) is 0 Å². The van der Waals surface area contributed by atoms with Gasteiger partial charge in [-0.2, -0.15) is 0 Å². The molecule has 6 heteroatoms. The molecule has 0 bridgehead atoms. The van der Waals surface area contributed by atoms with E-state index < -0.39 is 0 Å². The summed E-state index contributed by atoms with van der Waals surface area (Å²) in [5.41, 5.74) is 0.925. The summed E-state index contributed by atoms with van der Waals surface area (Å²) in [5.74, 6) is 0.106. The lowest BCUT2D eigenvalue weighted by Gasteiger charge is -2.32. The van der Waals surface area contributed by atoms with Gasteiger partial charge in [0, 0.05) is 24.0 Å². The van der Waals surface area contributed by atoms with Crippen LogP contribution in [0.2, 0.25) is 0 Å². The van der Waals surface area contributed by atoms with Gasteiger partial charge in [-0.3, -0.25) is 14.5 Å². The molecule has 1 aliphatic rings. The normalized spacial score (nSPS) is 18.5. The Balaban J connectivity index is 1.49. The summed E-state index contributed by atoms with van der Waals surface area (Å²) < 4.78 is 0. The Morgan fingerprint density at radius 1 is 1.38 bits per heavy atom. The van der Waals surface area contributed by atoms with E-state index in [-0.39, 0.29) is 17.7 Å². The van der Waals surface area contributed by atoms with E-state index in [2.05, 4.69) is 27.7 Å². The Labute approximate surface area is 150 Å². The molecule has 1 fully saturated rings. The van der Waals surface area contributed by atoms with Gasteiger partial charge in [0.1, 0.15) is 0 Å². The van der Waals surface area contributed by atoms with Gasteiger partial charge in [-0.25, -0.2) is 0 Å². The molecule has 0 aliphatic carbocycles. The minimum Gasteiger partial charge on any atom is -0.352 e. The number of carbonyl (C=O) groups is 2. The molecule has 0 aromatic carbocycles. The van der Waals surface area contributed by atoms with Crippen LogP contribution >= 0.6 is 22.7 Å². The van der Waals surface area contributed by atoms with Gasteiger partial charge in [0.2, 0.25) is 5.91 Å². The first kappa shape index (κ1) is 17.3. The van der Waals surface area contributed by atoms with Crippen LogP contribution < -0.4 is 5.32 Å². The average Bonchev–Trinajstić information content (AvgIpc) is 3.19. The molecule has 1 aliphatic heterocycles. The van der Waals surface area contributed by atoms with Crippen LogP contribution in [0.4, 0.5) is 0 Å². The Bertz CT molecular complexity index is 694. The summed E-state index contributed by atoms with van der Waals surface area (Å²) >= 11 is 3.19. The third kappa shape index (κ3) is 4.75. The largest absolute Gasteiger partial charge is 0.352 e.